The molecule has 2 N–H and O–H groups in total. The van der Waals surface area contributed by atoms with Crippen LogP contribution in [-0.2, 0) is 4.79 Å². The van der Waals surface area contributed by atoms with Gasteiger partial charge in [0, 0.05) is 5.56 Å². The number of benzene rings is 2. The first-order chi connectivity index (χ1) is 13.8. The summed E-state index contributed by atoms with van der Waals surface area (Å²) in [5, 5.41) is 16.5. The van der Waals surface area contributed by atoms with E-state index in [2.05, 4.69) is 5.32 Å². The van der Waals surface area contributed by atoms with Crippen LogP contribution in [0.1, 0.15) is 44.9 Å². The molecule has 0 spiro atoms. The van der Waals surface area contributed by atoms with Crippen molar-refractivity contribution in [1.82, 2.24) is 9.78 Å². The van der Waals surface area contributed by atoms with Crippen molar-refractivity contribution in [2.45, 2.75) is 31.3 Å². The number of hydrogen-bond acceptors (Lipinski definition) is 4. The second-order valence-corrected chi connectivity index (χ2v) is 8.62. The van der Waals surface area contributed by atoms with Crippen molar-refractivity contribution in [2.24, 2.45) is 0 Å². The third-order valence-electron chi connectivity index (χ3n) is 5.06. The third kappa shape index (κ3) is 3.53. The fourth-order valence-electron chi connectivity index (χ4n) is 3.44. The Morgan fingerprint density at radius 3 is 2.38 bits per heavy atom. The topological polar surface area (TPSA) is 84.2 Å². The number of rotatable bonds is 3. The number of carbonyl (C=O) groups excluding carboxylic acids is 1. The van der Waals surface area contributed by atoms with Crippen LogP contribution in [0.5, 0.6) is 0 Å². The van der Waals surface area contributed by atoms with E-state index in [1.54, 1.807) is 16.8 Å². The number of amides is 1. The van der Waals surface area contributed by atoms with Crippen LogP contribution in [0.3, 0.4) is 0 Å². The van der Waals surface area contributed by atoms with Crippen LogP contribution in [0.2, 0.25) is 0 Å². The molecule has 0 aliphatic carbocycles. The molecular formula is C22H21N3O3S. The SMILES string of the molecule is Cc1ccc(-n2nc(C)c3c2NC(=O)C(C)SC3c2ccc(C(=O)O)cc2)cc1. The molecule has 2 atom stereocenters. The van der Waals surface area contributed by atoms with Gasteiger partial charge in [-0.15, -0.1) is 11.8 Å². The second-order valence-electron chi connectivity index (χ2n) is 7.17. The van der Waals surface area contributed by atoms with Gasteiger partial charge in [0.25, 0.3) is 0 Å². The first-order valence-corrected chi connectivity index (χ1v) is 10.3. The van der Waals surface area contributed by atoms with Gasteiger partial charge in [-0.05, 0) is 50.6 Å². The summed E-state index contributed by atoms with van der Waals surface area (Å²) in [5.41, 5.74) is 4.97. The van der Waals surface area contributed by atoms with Crippen LogP contribution in [0.4, 0.5) is 5.82 Å². The van der Waals surface area contributed by atoms with Gasteiger partial charge in [-0.3, -0.25) is 4.79 Å². The molecule has 148 valence electrons. The molecule has 0 fully saturated rings. The lowest BCUT2D eigenvalue weighted by atomic mass is 10.0. The first-order valence-electron chi connectivity index (χ1n) is 9.31. The molecule has 1 aliphatic rings. The standard InChI is InChI=1S/C22H21N3O3S/c1-12-4-10-17(11-5-12)25-20-18(13(2)24-25)19(29-14(3)21(26)23-20)15-6-8-16(9-7-15)22(27)28/h4-11,14,19H,1-3H3,(H,23,26)(H,27,28). The van der Waals surface area contributed by atoms with E-state index in [1.807, 2.05) is 57.2 Å². The molecule has 6 nitrogen and oxygen atoms in total. The lowest BCUT2D eigenvalue weighted by molar-refractivity contribution is -0.115. The Bertz CT molecular complexity index is 1090. The largest absolute Gasteiger partial charge is 0.478 e. The maximum Gasteiger partial charge on any atom is 0.335 e. The van der Waals surface area contributed by atoms with Crippen molar-refractivity contribution in [2.75, 3.05) is 5.32 Å². The van der Waals surface area contributed by atoms with Crippen LogP contribution in [-0.4, -0.2) is 32.0 Å². The Kier molecular flexibility index (Phi) is 4.92. The highest BCUT2D eigenvalue weighted by Gasteiger charge is 2.34. The van der Waals surface area contributed by atoms with E-state index in [-0.39, 0.29) is 22.0 Å². The molecule has 0 radical (unpaired) electrons. The molecule has 1 aliphatic heterocycles. The van der Waals surface area contributed by atoms with Crippen LogP contribution < -0.4 is 5.32 Å². The van der Waals surface area contributed by atoms with E-state index in [4.69, 9.17) is 5.10 Å². The number of nitrogens with one attached hydrogen (secondary N) is 1. The average molecular weight is 407 g/mol. The minimum atomic E-state index is -0.959. The summed E-state index contributed by atoms with van der Waals surface area (Å²) in [4.78, 5) is 23.9. The normalized spacial score (nSPS) is 18.7. The molecule has 3 aromatic rings. The summed E-state index contributed by atoms with van der Waals surface area (Å²) in [6.45, 7) is 5.84. The number of carboxylic acid groups (broad SMARTS) is 1. The molecule has 7 heteroatoms. The lowest BCUT2D eigenvalue weighted by Gasteiger charge is -2.17. The van der Waals surface area contributed by atoms with Gasteiger partial charge < -0.3 is 10.4 Å². The fourth-order valence-corrected chi connectivity index (χ4v) is 4.77. The number of anilines is 1. The van der Waals surface area contributed by atoms with Gasteiger partial charge in [0.05, 0.1) is 27.4 Å². The van der Waals surface area contributed by atoms with E-state index >= 15 is 0 Å². The Hall–Kier alpha value is -3.06. The number of nitrogens with zero attached hydrogens (tertiary/aromatic N) is 2. The van der Waals surface area contributed by atoms with Gasteiger partial charge in [-0.25, -0.2) is 9.48 Å². The van der Waals surface area contributed by atoms with Crippen LogP contribution in [0, 0.1) is 13.8 Å². The molecule has 0 saturated heterocycles. The molecule has 1 amide bonds. The molecule has 0 bridgehead atoms. The average Bonchev–Trinajstić information content (AvgIpc) is 2.94. The maximum absolute atomic E-state index is 12.7. The molecule has 29 heavy (non-hydrogen) atoms. The van der Waals surface area contributed by atoms with Gasteiger partial charge in [0.1, 0.15) is 5.82 Å². The Morgan fingerprint density at radius 2 is 1.76 bits per heavy atom. The van der Waals surface area contributed by atoms with Gasteiger partial charge in [0.15, 0.2) is 0 Å². The van der Waals surface area contributed by atoms with Crippen molar-refractivity contribution in [3.05, 3.63) is 76.5 Å². The monoisotopic (exact) mass is 407 g/mol. The minimum absolute atomic E-state index is 0.0748. The van der Waals surface area contributed by atoms with Crippen LogP contribution in [0.25, 0.3) is 5.69 Å². The van der Waals surface area contributed by atoms with Crippen molar-refractivity contribution in [3.63, 3.8) is 0 Å². The Labute approximate surface area is 172 Å². The van der Waals surface area contributed by atoms with Crippen molar-refractivity contribution in [1.29, 1.82) is 0 Å². The van der Waals surface area contributed by atoms with Crippen LogP contribution in [0.15, 0.2) is 48.5 Å². The van der Waals surface area contributed by atoms with Crippen molar-refractivity contribution < 1.29 is 14.7 Å². The van der Waals surface area contributed by atoms with Gasteiger partial charge in [-0.2, -0.15) is 5.10 Å². The number of aromatic nitrogens is 2. The number of hydrogen-bond donors (Lipinski definition) is 2. The molecule has 4 rings (SSSR count). The summed E-state index contributed by atoms with van der Waals surface area (Å²) in [6.07, 6.45) is 0. The fraction of sp³-hybridized carbons (Fsp3) is 0.227. The Balaban J connectivity index is 1.86. The van der Waals surface area contributed by atoms with Gasteiger partial charge in [0.2, 0.25) is 5.91 Å². The zero-order chi connectivity index (χ0) is 20.7. The Morgan fingerprint density at radius 1 is 1.10 bits per heavy atom. The number of carboxylic acids is 1. The number of fused-ring (bicyclic) bond motifs is 1. The highest BCUT2D eigenvalue weighted by molar-refractivity contribution is 8.01. The zero-order valence-corrected chi connectivity index (χ0v) is 17.2. The molecule has 2 unspecified atom stereocenters. The third-order valence-corrected chi connectivity index (χ3v) is 6.46. The summed E-state index contributed by atoms with van der Waals surface area (Å²) >= 11 is 1.54. The highest BCUT2D eigenvalue weighted by Crippen LogP contribution is 2.46. The van der Waals surface area contributed by atoms with E-state index in [9.17, 15) is 14.7 Å². The van der Waals surface area contributed by atoms with Gasteiger partial charge in [-0.1, -0.05) is 29.8 Å². The molecule has 0 saturated carbocycles. The maximum atomic E-state index is 12.7. The van der Waals surface area contributed by atoms with E-state index in [1.165, 1.54) is 11.8 Å². The predicted octanol–water partition coefficient (Wildman–Crippen LogP) is 4.35. The van der Waals surface area contributed by atoms with E-state index in [0.29, 0.717) is 5.82 Å². The summed E-state index contributed by atoms with van der Waals surface area (Å²) in [5.74, 6) is -0.367. The molecular weight excluding hydrogens is 386 g/mol. The number of carbonyl (C=O) groups is 2. The molecule has 2 heterocycles. The van der Waals surface area contributed by atoms with Crippen molar-refractivity contribution in [3.8, 4) is 5.69 Å². The molecule has 1 aromatic heterocycles. The highest BCUT2D eigenvalue weighted by atomic mass is 32.2. The predicted molar refractivity (Wildman–Crippen MR) is 114 cm³/mol. The van der Waals surface area contributed by atoms with E-state index < -0.39 is 5.97 Å². The van der Waals surface area contributed by atoms with E-state index in [0.717, 1.165) is 28.1 Å². The number of aromatic carboxylic acids is 1. The summed E-state index contributed by atoms with van der Waals surface area (Å²) in [6, 6.07) is 14.8. The zero-order valence-electron chi connectivity index (χ0n) is 16.3. The quantitative estimate of drug-likeness (QED) is 0.674. The van der Waals surface area contributed by atoms with Crippen LogP contribution >= 0.6 is 11.8 Å². The van der Waals surface area contributed by atoms with Crippen molar-refractivity contribution >= 4 is 29.5 Å². The minimum Gasteiger partial charge on any atom is -0.478 e. The number of aryl methyl sites for hydroxylation is 2. The first kappa shape index (κ1) is 19.3. The smallest absolute Gasteiger partial charge is 0.335 e. The second kappa shape index (κ2) is 7.40. The summed E-state index contributed by atoms with van der Waals surface area (Å²) < 4.78 is 1.78. The summed E-state index contributed by atoms with van der Waals surface area (Å²) in [7, 11) is 0. The molecule has 2 aromatic carbocycles. The van der Waals surface area contributed by atoms with Gasteiger partial charge >= 0.3 is 5.97 Å². The number of thioether (sulfide) groups is 1. The lowest BCUT2D eigenvalue weighted by Crippen LogP contribution is -2.22.